The van der Waals surface area contributed by atoms with Crippen LogP contribution in [-0.4, -0.2) is 59.6 Å². The van der Waals surface area contributed by atoms with Crippen LogP contribution in [0.2, 0.25) is 0 Å². The smallest absolute Gasteiger partial charge is 0.303 e. The molecular formula is C48H48N2O3S2. The van der Waals surface area contributed by atoms with Gasteiger partial charge in [0.25, 0.3) is 0 Å². The number of rotatable bonds is 20. The van der Waals surface area contributed by atoms with Gasteiger partial charge in [0.05, 0.1) is 16.0 Å². The van der Waals surface area contributed by atoms with E-state index in [9.17, 15) is 14.7 Å². The summed E-state index contributed by atoms with van der Waals surface area (Å²) in [5, 5.41) is 12.6. The van der Waals surface area contributed by atoms with Crippen molar-refractivity contribution in [2.24, 2.45) is 0 Å². The molecule has 0 aliphatic rings. The third kappa shape index (κ3) is 9.97. The van der Waals surface area contributed by atoms with Crippen molar-refractivity contribution in [3.8, 4) is 0 Å². The third-order valence-corrected chi connectivity index (χ3v) is 12.9. The minimum absolute atomic E-state index is 0.0599. The summed E-state index contributed by atoms with van der Waals surface area (Å²) in [6, 6.07) is 63.5. The predicted octanol–water partition coefficient (Wildman–Crippen LogP) is 9.72. The monoisotopic (exact) mass is 764 g/mol. The molecule has 6 rings (SSSR count). The first kappa shape index (κ1) is 39.6. The zero-order valence-electron chi connectivity index (χ0n) is 31.0. The second-order valence-corrected chi connectivity index (χ2v) is 16.0. The molecule has 0 radical (unpaired) electrons. The summed E-state index contributed by atoms with van der Waals surface area (Å²) in [5.41, 5.74) is 7.10. The lowest BCUT2D eigenvalue weighted by Crippen LogP contribution is -2.40. The number of nitrogens with zero attached hydrogens (tertiary/aromatic N) is 1. The molecule has 280 valence electrons. The Bertz CT molecular complexity index is 1840. The molecule has 5 nitrogen and oxygen atoms in total. The van der Waals surface area contributed by atoms with Gasteiger partial charge in [-0.1, -0.05) is 182 Å². The fourth-order valence-corrected chi connectivity index (χ4v) is 10.2. The van der Waals surface area contributed by atoms with Crippen molar-refractivity contribution >= 4 is 35.4 Å². The Morgan fingerprint density at radius 2 is 0.818 bits per heavy atom. The molecule has 0 aliphatic heterocycles. The highest BCUT2D eigenvalue weighted by atomic mass is 32.2. The van der Waals surface area contributed by atoms with Gasteiger partial charge in [-0.15, -0.1) is 23.5 Å². The van der Waals surface area contributed by atoms with E-state index in [-0.39, 0.29) is 18.9 Å². The Balaban J connectivity index is 1.17. The van der Waals surface area contributed by atoms with E-state index < -0.39 is 15.5 Å². The first-order chi connectivity index (χ1) is 27.0. The van der Waals surface area contributed by atoms with Crippen LogP contribution >= 0.6 is 23.5 Å². The van der Waals surface area contributed by atoms with Gasteiger partial charge in [0.2, 0.25) is 5.91 Å². The molecule has 0 bridgehead atoms. The molecule has 2 N–H and O–H groups in total. The van der Waals surface area contributed by atoms with Crippen LogP contribution in [0.1, 0.15) is 46.2 Å². The van der Waals surface area contributed by atoms with Crippen LogP contribution in [0.5, 0.6) is 0 Å². The first-order valence-electron chi connectivity index (χ1n) is 18.8. The highest BCUT2D eigenvalue weighted by Gasteiger charge is 2.38. The summed E-state index contributed by atoms with van der Waals surface area (Å²) in [6.45, 7) is 1.83. The molecule has 0 saturated carbocycles. The molecule has 0 aliphatic carbocycles. The first-order valence-corrected chi connectivity index (χ1v) is 20.8. The minimum atomic E-state index is -0.828. The lowest BCUT2D eigenvalue weighted by atomic mass is 9.84. The Morgan fingerprint density at radius 1 is 0.491 bits per heavy atom. The number of nitrogens with one attached hydrogen (secondary N) is 1. The van der Waals surface area contributed by atoms with Crippen molar-refractivity contribution in [3.63, 3.8) is 0 Å². The number of carboxylic acid groups (broad SMARTS) is 1. The Hall–Kier alpha value is -5.08. The fourth-order valence-electron chi connectivity index (χ4n) is 7.24. The molecule has 6 aromatic carbocycles. The Kier molecular flexibility index (Phi) is 14.4. The molecule has 1 amide bonds. The molecule has 0 unspecified atom stereocenters. The van der Waals surface area contributed by atoms with Crippen molar-refractivity contribution in [2.45, 2.75) is 22.3 Å². The molecule has 7 heteroatoms. The largest absolute Gasteiger partial charge is 0.481 e. The summed E-state index contributed by atoms with van der Waals surface area (Å²) in [5.74, 6) is 0.521. The minimum Gasteiger partial charge on any atom is -0.481 e. The highest BCUT2D eigenvalue weighted by molar-refractivity contribution is 8.00. The molecular weight excluding hydrogens is 717 g/mol. The number of hydrogen-bond acceptors (Lipinski definition) is 5. The van der Waals surface area contributed by atoms with Gasteiger partial charge in [-0.05, 0) is 46.3 Å². The highest BCUT2D eigenvalue weighted by Crippen LogP contribution is 2.49. The lowest BCUT2D eigenvalue weighted by Gasteiger charge is -2.36. The molecule has 0 aromatic heterocycles. The number of benzene rings is 6. The van der Waals surface area contributed by atoms with Gasteiger partial charge >= 0.3 is 5.97 Å². The number of thioether (sulfide) groups is 2. The summed E-state index contributed by atoms with van der Waals surface area (Å²) in [4.78, 5) is 27.2. The van der Waals surface area contributed by atoms with Crippen LogP contribution in [-0.2, 0) is 19.1 Å². The second-order valence-electron chi connectivity index (χ2n) is 13.4. The van der Waals surface area contributed by atoms with E-state index in [1.807, 2.05) is 59.9 Å². The maximum atomic E-state index is 13.6. The Labute approximate surface area is 334 Å². The van der Waals surface area contributed by atoms with E-state index in [0.29, 0.717) is 31.8 Å². The molecule has 0 atom stereocenters. The third-order valence-electron chi connectivity index (χ3n) is 9.78. The number of carboxylic acids is 1. The van der Waals surface area contributed by atoms with Gasteiger partial charge < -0.3 is 10.4 Å². The number of hydrogen-bond donors (Lipinski definition) is 2. The number of carbonyl (C=O) groups excluding carboxylic acids is 1. The lowest BCUT2D eigenvalue weighted by molar-refractivity contribution is -0.137. The summed E-state index contributed by atoms with van der Waals surface area (Å²) in [6.07, 6.45) is 0.530. The van der Waals surface area contributed by atoms with Gasteiger partial charge in [0.15, 0.2) is 0 Å². The molecule has 0 spiro atoms. The van der Waals surface area contributed by atoms with Crippen LogP contribution in [0, 0.1) is 0 Å². The van der Waals surface area contributed by atoms with E-state index in [1.54, 1.807) is 0 Å². The van der Waals surface area contributed by atoms with Crippen molar-refractivity contribution < 1.29 is 14.7 Å². The fraction of sp³-hybridized carbons (Fsp3) is 0.208. The molecule has 0 saturated heterocycles. The van der Waals surface area contributed by atoms with E-state index in [0.717, 1.165) is 5.75 Å². The van der Waals surface area contributed by atoms with Crippen LogP contribution in [0.4, 0.5) is 0 Å². The SMILES string of the molecule is O=C(O)CCCN(CCSC(c1ccccc1)(c1ccccc1)c1ccccc1)CC(=O)NCCSC(c1ccccc1)(c1ccccc1)c1ccccc1. The Morgan fingerprint density at radius 3 is 1.15 bits per heavy atom. The average molecular weight is 765 g/mol. The van der Waals surface area contributed by atoms with Gasteiger partial charge in [-0.25, -0.2) is 0 Å². The van der Waals surface area contributed by atoms with Gasteiger partial charge in [-0.2, -0.15) is 0 Å². The van der Waals surface area contributed by atoms with Gasteiger partial charge in [0, 0.05) is 31.0 Å². The van der Waals surface area contributed by atoms with E-state index in [1.165, 1.54) is 33.4 Å². The molecule has 6 aromatic rings. The second kappa shape index (κ2) is 20.0. The topological polar surface area (TPSA) is 69.6 Å². The van der Waals surface area contributed by atoms with Crippen molar-refractivity contribution in [1.29, 1.82) is 0 Å². The standard InChI is InChI=1S/C48H48N2O3S2/c51-45(49-33-36-54-47(39-20-7-1-8-21-39,40-22-9-2-10-23-40)41-24-11-3-12-25-41)38-50(34-19-32-46(52)53)35-37-55-48(42-26-13-4-14-27-42,43-28-15-5-16-29-43)44-30-17-6-18-31-44/h1-18,20-31H,19,32-38H2,(H,49,51)(H,52,53). The quantitative estimate of drug-likeness (QED) is 0.0596. The summed E-state index contributed by atoms with van der Waals surface area (Å²) in [7, 11) is 0. The van der Waals surface area contributed by atoms with Crippen LogP contribution < -0.4 is 5.32 Å². The van der Waals surface area contributed by atoms with Crippen LogP contribution in [0.3, 0.4) is 0 Å². The summed E-state index contributed by atoms with van der Waals surface area (Å²) < 4.78 is -0.934. The average Bonchev–Trinajstić information content (AvgIpc) is 3.24. The van der Waals surface area contributed by atoms with Crippen molar-refractivity contribution in [1.82, 2.24) is 10.2 Å². The molecule has 55 heavy (non-hydrogen) atoms. The number of carbonyl (C=O) groups is 2. The predicted molar refractivity (Wildman–Crippen MR) is 230 cm³/mol. The maximum Gasteiger partial charge on any atom is 0.303 e. The van der Waals surface area contributed by atoms with E-state index >= 15 is 0 Å². The van der Waals surface area contributed by atoms with Gasteiger partial charge in [0.1, 0.15) is 0 Å². The van der Waals surface area contributed by atoms with Crippen molar-refractivity contribution in [3.05, 3.63) is 215 Å². The molecule has 0 heterocycles. The van der Waals surface area contributed by atoms with Crippen LogP contribution in [0.15, 0.2) is 182 Å². The number of amides is 1. The van der Waals surface area contributed by atoms with Crippen LogP contribution in [0.25, 0.3) is 0 Å². The normalized spacial score (nSPS) is 11.7. The zero-order chi connectivity index (χ0) is 38.2. The van der Waals surface area contributed by atoms with E-state index in [2.05, 4.69) is 156 Å². The zero-order valence-corrected chi connectivity index (χ0v) is 32.6. The van der Waals surface area contributed by atoms with Crippen molar-refractivity contribution in [2.75, 3.05) is 37.7 Å². The summed E-state index contributed by atoms with van der Waals surface area (Å²) >= 11 is 3.67. The maximum absolute atomic E-state index is 13.6. The van der Waals surface area contributed by atoms with Gasteiger partial charge in [-0.3, -0.25) is 14.5 Å². The van der Waals surface area contributed by atoms with E-state index in [4.69, 9.17) is 0 Å². The molecule has 0 fully saturated rings. The number of aliphatic carboxylic acids is 1.